The van der Waals surface area contributed by atoms with E-state index in [1.54, 1.807) is 13.2 Å². The summed E-state index contributed by atoms with van der Waals surface area (Å²) in [5.74, 6) is 1.01. The van der Waals surface area contributed by atoms with E-state index in [0.717, 1.165) is 23.6 Å². The topological polar surface area (TPSA) is 89.3 Å². The van der Waals surface area contributed by atoms with Gasteiger partial charge in [-0.2, -0.15) is 0 Å². The number of nitrogens with zero attached hydrogens (tertiary/aromatic N) is 3. The minimum atomic E-state index is 0.0169. The summed E-state index contributed by atoms with van der Waals surface area (Å²) < 4.78 is 7.15. The number of phenols is 1. The third-order valence-corrected chi connectivity index (χ3v) is 6.36. The highest BCUT2D eigenvalue weighted by Crippen LogP contribution is 2.34. The molecular weight excluding hydrogens is 400 g/mol. The molecular formula is C22H26N4O3S. The fraction of sp³-hybridized carbons (Fsp3) is 0.409. The minimum Gasteiger partial charge on any atom is -0.507 e. The molecule has 3 aromatic rings. The summed E-state index contributed by atoms with van der Waals surface area (Å²) in [5.41, 5.74) is 0.611. The highest BCUT2D eigenvalue weighted by Gasteiger charge is 2.20. The number of amides is 1. The van der Waals surface area contributed by atoms with Crippen molar-refractivity contribution in [3.8, 4) is 17.1 Å². The summed E-state index contributed by atoms with van der Waals surface area (Å²) in [6.07, 6.45) is 4.49. The maximum atomic E-state index is 12.3. The molecule has 1 aromatic heterocycles. The molecule has 2 N–H and O–H groups in total. The average Bonchev–Trinajstić information content (AvgIpc) is 3.40. The fourth-order valence-corrected chi connectivity index (χ4v) is 4.63. The predicted molar refractivity (Wildman–Crippen MR) is 118 cm³/mol. The molecule has 158 valence electrons. The second-order valence-corrected chi connectivity index (χ2v) is 8.45. The van der Waals surface area contributed by atoms with Crippen molar-refractivity contribution in [2.45, 2.75) is 43.4 Å². The van der Waals surface area contributed by atoms with Crippen molar-refractivity contribution in [1.82, 2.24) is 20.1 Å². The first-order chi connectivity index (χ1) is 14.7. The summed E-state index contributed by atoms with van der Waals surface area (Å²) in [6.45, 7) is 0.999. The predicted octanol–water partition coefficient (Wildman–Crippen LogP) is 3.60. The number of methoxy groups -OCH3 is 1. The molecule has 1 fully saturated rings. The monoisotopic (exact) mass is 426 g/mol. The number of hydrogen-bond donors (Lipinski definition) is 2. The Hall–Kier alpha value is -2.58. The molecule has 1 aliphatic carbocycles. The van der Waals surface area contributed by atoms with Crippen molar-refractivity contribution >= 4 is 28.4 Å². The molecule has 0 aliphatic heterocycles. The normalized spacial score (nSPS) is 14.4. The molecule has 1 saturated carbocycles. The molecule has 1 aliphatic rings. The van der Waals surface area contributed by atoms with Crippen LogP contribution in [0.5, 0.6) is 5.75 Å². The van der Waals surface area contributed by atoms with Gasteiger partial charge in [0.2, 0.25) is 5.91 Å². The lowest BCUT2D eigenvalue weighted by Gasteiger charge is -2.13. The van der Waals surface area contributed by atoms with Gasteiger partial charge < -0.3 is 15.2 Å². The molecule has 1 amide bonds. The Morgan fingerprint density at radius 2 is 1.97 bits per heavy atom. The zero-order valence-electron chi connectivity index (χ0n) is 17.0. The molecule has 0 unspecified atom stereocenters. The maximum absolute atomic E-state index is 12.3. The molecule has 7 nitrogen and oxygen atoms in total. The lowest BCUT2D eigenvalue weighted by molar-refractivity contribution is -0.119. The molecule has 0 saturated heterocycles. The van der Waals surface area contributed by atoms with E-state index < -0.39 is 0 Å². The van der Waals surface area contributed by atoms with Gasteiger partial charge in [0.05, 0.1) is 24.5 Å². The highest BCUT2D eigenvalue weighted by atomic mass is 32.2. The number of thioether (sulfide) groups is 1. The number of ether oxygens (including phenoxy) is 1. The number of carbonyl (C=O) groups excluding carboxylic acids is 1. The van der Waals surface area contributed by atoms with Gasteiger partial charge in [-0.3, -0.25) is 9.36 Å². The van der Waals surface area contributed by atoms with Crippen LogP contribution in [0.3, 0.4) is 0 Å². The average molecular weight is 427 g/mol. The number of rotatable bonds is 8. The Morgan fingerprint density at radius 3 is 2.70 bits per heavy atom. The number of carbonyl (C=O) groups is 1. The van der Waals surface area contributed by atoms with Gasteiger partial charge in [-0.05, 0) is 35.7 Å². The quantitative estimate of drug-likeness (QED) is 0.535. The molecule has 0 radical (unpaired) electrons. The van der Waals surface area contributed by atoms with Crippen LogP contribution in [0.2, 0.25) is 0 Å². The largest absolute Gasteiger partial charge is 0.507 e. The lowest BCUT2D eigenvalue weighted by Crippen LogP contribution is -2.33. The molecule has 1 heterocycles. The second kappa shape index (κ2) is 9.49. The minimum absolute atomic E-state index is 0.0169. The van der Waals surface area contributed by atoms with Crippen LogP contribution >= 0.6 is 11.8 Å². The van der Waals surface area contributed by atoms with Crippen LogP contribution in [-0.4, -0.2) is 51.3 Å². The van der Waals surface area contributed by atoms with E-state index in [2.05, 4.69) is 15.5 Å². The third-order valence-electron chi connectivity index (χ3n) is 5.39. The maximum Gasteiger partial charge on any atom is 0.230 e. The van der Waals surface area contributed by atoms with Crippen molar-refractivity contribution in [3.63, 3.8) is 0 Å². The van der Waals surface area contributed by atoms with E-state index in [9.17, 15) is 9.90 Å². The van der Waals surface area contributed by atoms with E-state index in [-0.39, 0.29) is 17.4 Å². The SMILES string of the molecule is COCCn1c(SCC(=O)NC2CCCC2)nnc1-c1cc2ccccc2cc1O. The van der Waals surface area contributed by atoms with Gasteiger partial charge >= 0.3 is 0 Å². The zero-order valence-corrected chi connectivity index (χ0v) is 17.8. The van der Waals surface area contributed by atoms with E-state index >= 15 is 0 Å². The van der Waals surface area contributed by atoms with Gasteiger partial charge in [0.1, 0.15) is 5.75 Å². The summed E-state index contributed by atoms with van der Waals surface area (Å²) in [4.78, 5) is 12.3. The van der Waals surface area contributed by atoms with Crippen molar-refractivity contribution in [2.75, 3.05) is 19.5 Å². The highest BCUT2D eigenvalue weighted by molar-refractivity contribution is 7.99. The first-order valence-electron chi connectivity index (χ1n) is 10.2. The molecule has 30 heavy (non-hydrogen) atoms. The Balaban J connectivity index is 1.57. The van der Waals surface area contributed by atoms with Crippen molar-refractivity contribution < 1.29 is 14.6 Å². The Bertz CT molecular complexity index is 1030. The molecule has 0 bridgehead atoms. The standard InChI is InChI=1S/C22H26N4O3S/c1-29-11-10-26-21(18-12-15-6-2-3-7-16(15)13-19(18)27)24-25-22(26)30-14-20(28)23-17-8-4-5-9-17/h2-3,6-7,12-13,17,27H,4-5,8-11,14H2,1H3,(H,23,28). The molecule has 8 heteroatoms. The Labute approximate surface area is 179 Å². The molecule has 0 atom stereocenters. The number of nitrogens with one attached hydrogen (secondary N) is 1. The summed E-state index contributed by atoms with van der Waals surface area (Å²) in [6, 6.07) is 11.8. The number of benzene rings is 2. The van der Waals surface area contributed by atoms with Gasteiger partial charge in [0.15, 0.2) is 11.0 Å². The smallest absolute Gasteiger partial charge is 0.230 e. The van der Waals surface area contributed by atoms with Gasteiger partial charge in [0, 0.05) is 13.2 Å². The Morgan fingerprint density at radius 1 is 1.23 bits per heavy atom. The van der Waals surface area contributed by atoms with Crippen LogP contribution in [0, 0.1) is 0 Å². The number of aromatic nitrogens is 3. The first kappa shape index (κ1) is 20.7. The van der Waals surface area contributed by atoms with E-state index in [4.69, 9.17) is 4.74 Å². The number of aromatic hydroxyl groups is 1. The Kier molecular flexibility index (Phi) is 6.54. The number of hydrogen-bond acceptors (Lipinski definition) is 6. The number of phenolic OH excluding ortho intramolecular Hbond substituents is 1. The second-order valence-electron chi connectivity index (χ2n) is 7.50. The number of fused-ring (bicyclic) bond motifs is 1. The third kappa shape index (κ3) is 4.60. The van der Waals surface area contributed by atoms with Crippen molar-refractivity contribution in [1.29, 1.82) is 0 Å². The van der Waals surface area contributed by atoms with E-state index in [1.807, 2.05) is 34.9 Å². The lowest BCUT2D eigenvalue weighted by atomic mass is 10.1. The van der Waals surface area contributed by atoms with Crippen molar-refractivity contribution in [2.24, 2.45) is 0 Å². The summed E-state index contributed by atoms with van der Waals surface area (Å²) >= 11 is 1.35. The molecule has 0 spiro atoms. The van der Waals surface area contributed by atoms with Crippen LogP contribution in [0.1, 0.15) is 25.7 Å². The van der Waals surface area contributed by atoms with E-state index in [1.165, 1.54) is 24.6 Å². The van der Waals surface area contributed by atoms with E-state index in [0.29, 0.717) is 35.7 Å². The molecule has 2 aromatic carbocycles. The van der Waals surface area contributed by atoms with Crippen LogP contribution < -0.4 is 5.32 Å². The van der Waals surface area contributed by atoms with Crippen LogP contribution in [0.15, 0.2) is 41.6 Å². The van der Waals surface area contributed by atoms with Gasteiger partial charge in [-0.25, -0.2) is 0 Å². The van der Waals surface area contributed by atoms with Gasteiger partial charge in [0.25, 0.3) is 0 Å². The zero-order chi connectivity index (χ0) is 20.9. The molecule has 4 rings (SSSR count). The van der Waals surface area contributed by atoms with Gasteiger partial charge in [-0.1, -0.05) is 48.9 Å². The first-order valence-corrected chi connectivity index (χ1v) is 11.2. The van der Waals surface area contributed by atoms with Crippen LogP contribution in [0.4, 0.5) is 0 Å². The van der Waals surface area contributed by atoms with Crippen LogP contribution in [-0.2, 0) is 16.1 Å². The van der Waals surface area contributed by atoms with Crippen molar-refractivity contribution in [3.05, 3.63) is 36.4 Å². The fourth-order valence-electron chi connectivity index (χ4n) is 3.86. The summed E-state index contributed by atoms with van der Waals surface area (Å²) in [7, 11) is 1.64. The van der Waals surface area contributed by atoms with Gasteiger partial charge in [-0.15, -0.1) is 10.2 Å². The van der Waals surface area contributed by atoms with Crippen LogP contribution in [0.25, 0.3) is 22.2 Å². The summed E-state index contributed by atoms with van der Waals surface area (Å²) in [5, 5.41) is 24.9.